The van der Waals surface area contributed by atoms with Crippen molar-refractivity contribution < 1.29 is 29.6 Å². The Hall–Kier alpha value is -1.12. The zero-order chi connectivity index (χ0) is 14.7. The molecule has 0 aliphatic carbocycles. The minimum Gasteiger partial charge on any atom is -0.467 e. The normalized spacial score (nSPS) is 33.7. The minimum absolute atomic E-state index is 0.790. The second-order valence-electron chi connectivity index (χ2n) is 4.35. The number of aliphatic hydroxyl groups is 3. The number of hydrogen-bond acceptors (Lipinski definition) is 7. The highest BCUT2D eigenvalue weighted by atomic mass is 32.2. The average molecular weight is 300 g/mol. The van der Waals surface area contributed by atoms with E-state index in [4.69, 9.17) is 4.74 Å². The van der Waals surface area contributed by atoms with Gasteiger partial charge in [0.25, 0.3) is 0 Å². The van der Waals surface area contributed by atoms with Crippen LogP contribution in [-0.2, 0) is 14.3 Å². The standard InChI is InChI=1S/C13H16O6S/c1-18-12(17)11-9(15)8(14)10(16)13(19-11)20-7-5-3-2-4-6-7/h2-6,8-11,13-16H,1H3/t8-,9-,10+,11-,13?/m0/s1. The number of ether oxygens (including phenoxy) is 2. The maximum atomic E-state index is 11.5. The molecule has 1 aromatic carbocycles. The molecule has 0 aromatic heterocycles. The van der Waals surface area contributed by atoms with Crippen LogP contribution in [0.3, 0.4) is 0 Å². The van der Waals surface area contributed by atoms with Crippen molar-refractivity contribution in [1.82, 2.24) is 0 Å². The lowest BCUT2D eigenvalue weighted by Gasteiger charge is -2.38. The Bertz CT molecular complexity index is 453. The summed E-state index contributed by atoms with van der Waals surface area (Å²) < 4.78 is 9.88. The van der Waals surface area contributed by atoms with Crippen LogP contribution in [0.1, 0.15) is 0 Å². The number of carbonyl (C=O) groups is 1. The van der Waals surface area contributed by atoms with Gasteiger partial charge in [-0.15, -0.1) is 0 Å². The lowest BCUT2D eigenvalue weighted by atomic mass is 10.00. The van der Waals surface area contributed by atoms with E-state index in [1.807, 2.05) is 30.3 Å². The fourth-order valence-corrected chi connectivity index (χ4v) is 2.95. The molecule has 0 bridgehead atoms. The van der Waals surface area contributed by atoms with Crippen LogP contribution in [-0.4, -0.2) is 58.3 Å². The Labute approximate surface area is 120 Å². The largest absolute Gasteiger partial charge is 0.467 e. The van der Waals surface area contributed by atoms with Crippen LogP contribution in [0.5, 0.6) is 0 Å². The summed E-state index contributed by atoms with van der Waals surface area (Å²) in [6, 6.07) is 9.11. The van der Waals surface area contributed by atoms with Crippen molar-refractivity contribution in [3.8, 4) is 0 Å². The molecule has 5 atom stereocenters. The molecule has 1 aliphatic rings. The molecule has 1 saturated heterocycles. The molecule has 3 N–H and O–H groups in total. The van der Waals surface area contributed by atoms with Gasteiger partial charge >= 0.3 is 5.97 Å². The van der Waals surface area contributed by atoms with Crippen molar-refractivity contribution >= 4 is 17.7 Å². The van der Waals surface area contributed by atoms with Crippen molar-refractivity contribution in [2.75, 3.05) is 7.11 Å². The Balaban J connectivity index is 2.13. The Kier molecular flexibility index (Phi) is 5.00. The van der Waals surface area contributed by atoms with Crippen LogP contribution in [0.25, 0.3) is 0 Å². The first kappa shape index (κ1) is 15.3. The molecular weight excluding hydrogens is 284 g/mol. The van der Waals surface area contributed by atoms with E-state index in [1.165, 1.54) is 0 Å². The molecule has 1 aromatic rings. The molecule has 1 aliphatic heterocycles. The summed E-state index contributed by atoms with van der Waals surface area (Å²) in [5.74, 6) is -0.790. The molecule has 1 heterocycles. The van der Waals surface area contributed by atoms with Crippen LogP contribution in [0.15, 0.2) is 35.2 Å². The quantitative estimate of drug-likeness (QED) is 0.663. The second-order valence-corrected chi connectivity index (χ2v) is 5.52. The molecule has 1 unspecified atom stereocenters. The number of hydrogen-bond donors (Lipinski definition) is 3. The molecule has 1 fully saturated rings. The Morgan fingerprint density at radius 1 is 1.15 bits per heavy atom. The van der Waals surface area contributed by atoms with E-state index in [0.29, 0.717) is 0 Å². The van der Waals surface area contributed by atoms with E-state index in [2.05, 4.69) is 4.74 Å². The second kappa shape index (κ2) is 6.55. The van der Waals surface area contributed by atoms with Crippen LogP contribution < -0.4 is 0 Å². The first-order chi connectivity index (χ1) is 9.54. The summed E-state index contributed by atoms with van der Waals surface area (Å²) in [7, 11) is 1.16. The third-order valence-electron chi connectivity index (χ3n) is 3.00. The number of benzene rings is 1. The number of aliphatic hydroxyl groups excluding tert-OH is 3. The average Bonchev–Trinajstić information content (AvgIpc) is 2.48. The summed E-state index contributed by atoms with van der Waals surface area (Å²) in [6.45, 7) is 0. The fourth-order valence-electron chi connectivity index (χ4n) is 1.89. The summed E-state index contributed by atoms with van der Waals surface area (Å²) in [6.07, 6.45) is -5.63. The van der Waals surface area contributed by atoms with Gasteiger partial charge in [0.1, 0.15) is 23.7 Å². The number of thioether (sulfide) groups is 1. The molecular formula is C13H16O6S. The smallest absolute Gasteiger partial charge is 0.337 e. The summed E-state index contributed by atoms with van der Waals surface area (Å²) >= 11 is 1.16. The molecule has 20 heavy (non-hydrogen) atoms. The highest BCUT2D eigenvalue weighted by Gasteiger charge is 2.47. The predicted octanol–water partition coefficient (Wildman–Crippen LogP) is -0.241. The van der Waals surface area contributed by atoms with Crippen molar-refractivity contribution in [3.63, 3.8) is 0 Å². The first-order valence-corrected chi connectivity index (χ1v) is 6.91. The van der Waals surface area contributed by atoms with Gasteiger partial charge in [-0.3, -0.25) is 0 Å². The summed E-state index contributed by atoms with van der Waals surface area (Å²) in [5.41, 5.74) is -0.875. The Morgan fingerprint density at radius 3 is 2.40 bits per heavy atom. The molecule has 0 radical (unpaired) electrons. The van der Waals surface area contributed by atoms with Gasteiger partial charge in [0.2, 0.25) is 0 Å². The van der Waals surface area contributed by atoms with Crippen LogP contribution >= 0.6 is 11.8 Å². The molecule has 0 saturated carbocycles. The van der Waals surface area contributed by atoms with Crippen LogP contribution in [0.2, 0.25) is 0 Å². The van der Waals surface area contributed by atoms with Crippen LogP contribution in [0.4, 0.5) is 0 Å². The zero-order valence-electron chi connectivity index (χ0n) is 10.7. The van der Waals surface area contributed by atoms with Gasteiger partial charge < -0.3 is 24.8 Å². The highest BCUT2D eigenvalue weighted by molar-refractivity contribution is 7.99. The van der Waals surface area contributed by atoms with Gasteiger partial charge in [0.15, 0.2) is 6.10 Å². The summed E-state index contributed by atoms with van der Waals surface area (Å²) in [5, 5.41) is 29.5. The Morgan fingerprint density at radius 2 is 1.80 bits per heavy atom. The van der Waals surface area contributed by atoms with Gasteiger partial charge in [-0.2, -0.15) is 0 Å². The van der Waals surface area contributed by atoms with E-state index in [1.54, 1.807) is 0 Å². The van der Waals surface area contributed by atoms with Gasteiger partial charge in [0, 0.05) is 4.90 Å². The predicted molar refractivity (Wildman–Crippen MR) is 71.0 cm³/mol. The maximum absolute atomic E-state index is 11.5. The molecule has 0 spiro atoms. The van der Waals surface area contributed by atoms with E-state index < -0.39 is 35.8 Å². The van der Waals surface area contributed by atoms with Gasteiger partial charge in [0.05, 0.1) is 7.11 Å². The summed E-state index contributed by atoms with van der Waals surface area (Å²) in [4.78, 5) is 12.3. The van der Waals surface area contributed by atoms with E-state index in [-0.39, 0.29) is 0 Å². The molecule has 110 valence electrons. The SMILES string of the molecule is COC(=O)[C@H]1OC(Sc2ccccc2)[C@H](O)[C@@H](O)[C@@H]1O. The van der Waals surface area contributed by atoms with Crippen LogP contribution in [0, 0.1) is 0 Å². The monoisotopic (exact) mass is 300 g/mol. The minimum atomic E-state index is -1.52. The van der Waals surface area contributed by atoms with Crippen molar-refractivity contribution in [2.24, 2.45) is 0 Å². The third-order valence-corrected chi connectivity index (χ3v) is 4.17. The van der Waals surface area contributed by atoms with Gasteiger partial charge in [-0.25, -0.2) is 4.79 Å². The molecule has 6 nitrogen and oxygen atoms in total. The topological polar surface area (TPSA) is 96.2 Å². The van der Waals surface area contributed by atoms with Crippen molar-refractivity contribution in [3.05, 3.63) is 30.3 Å². The van der Waals surface area contributed by atoms with E-state index in [9.17, 15) is 20.1 Å². The number of methoxy groups -OCH3 is 1. The lowest BCUT2D eigenvalue weighted by molar-refractivity contribution is -0.211. The number of rotatable bonds is 3. The maximum Gasteiger partial charge on any atom is 0.337 e. The number of carbonyl (C=O) groups excluding carboxylic acids is 1. The molecule has 0 amide bonds. The van der Waals surface area contributed by atoms with Crippen molar-refractivity contribution in [1.29, 1.82) is 0 Å². The van der Waals surface area contributed by atoms with Crippen molar-refractivity contribution in [2.45, 2.75) is 34.7 Å². The van der Waals surface area contributed by atoms with E-state index in [0.717, 1.165) is 23.8 Å². The zero-order valence-corrected chi connectivity index (χ0v) is 11.6. The van der Waals surface area contributed by atoms with Gasteiger partial charge in [-0.05, 0) is 12.1 Å². The highest BCUT2D eigenvalue weighted by Crippen LogP contribution is 2.33. The fraction of sp³-hybridized carbons (Fsp3) is 0.462. The number of esters is 1. The molecule has 7 heteroatoms. The van der Waals surface area contributed by atoms with E-state index >= 15 is 0 Å². The van der Waals surface area contributed by atoms with Gasteiger partial charge in [-0.1, -0.05) is 30.0 Å². The third kappa shape index (κ3) is 3.13. The lowest BCUT2D eigenvalue weighted by Crippen LogP contribution is -2.59. The molecule has 2 rings (SSSR count). The first-order valence-electron chi connectivity index (χ1n) is 6.04.